The Morgan fingerprint density at radius 3 is 2.61 bits per heavy atom. The van der Waals surface area contributed by atoms with Gasteiger partial charge in [0.1, 0.15) is 0 Å². The molecule has 12 heteroatoms. The molecule has 5 aliphatic rings. The van der Waals surface area contributed by atoms with Gasteiger partial charge >= 0.3 is 7.12 Å². The van der Waals surface area contributed by atoms with E-state index in [9.17, 15) is 14.9 Å². The lowest BCUT2D eigenvalue weighted by Gasteiger charge is -2.64. The molecule has 2 aromatic carbocycles. The summed E-state index contributed by atoms with van der Waals surface area (Å²) in [5.41, 5.74) is 13.0. The molecule has 0 spiro atoms. The summed E-state index contributed by atoms with van der Waals surface area (Å²) in [5, 5.41) is 16.8. The molecule has 7 rings (SSSR count). The van der Waals surface area contributed by atoms with E-state index >= 15 is 0 Å². The van der Waals surface area contributed by atoms with Crippen molar-refractivity contribution in [3.05, 3.63) is 75.8 Å². The van der Waals surface area contributed by atoms with Crippen molar-refractivity contribution in [1.82, 2.24) is 0 Å². The third-order valence-corrected chi connectivity index (χ3v) is 10.7. The van der Waals surface area contributed by atoms with E-state index in [1.54, 1.807) is 12.1 Å². The zero-order chi connectivity index (χ0) is 31.3. The van der Waals surface area contributed by atoms with E-state index in [0.717, 1.165) is 31.2 Å². The molecular formula is C32H42BN6O5+. The molecule has 3 aliphatic carbocycles. The lowest BCUT2D eigenvalue weighted by molar-refractivity contribution is -0.854. The van der Waals surface area contributed by atoms with Crippen LogP contribution in [-0.4, -0.2) is 64.9 Å². The Labute approximate surface area is 258 Å². The van der Waals surface area contributed by atoms with E-state index in [1.807, 2.05) is 30.3 Å². The number of primary amides is 1. The Kier molecular flexibility index (Phi) is 7.98. The van der Waals surface area contributed by atoms with Crippen molar-refractivity contribution in [2.24, 2.45) is 38.8 Å². The predicted molar refractivity (Wildman–Crippen MR) is 168 cm³/mol. The SMILES string of the molecule is CC1(C)C2CC3OB(C(CCCCN)[N+]4(CC(N)=O)N=C(c5cccc([N+](=O)[O-])c5)N=C4Cc4ccccc4)OC3(C)C1C2. The van der Waals surface area contributed by atoms with Gasteiger partial charge in [-0.25, -0.2) is 0 Å². The molecule has 11 nitrogen and oxygen atoms in total. The van der Waals surface area contributed by atoms with Crippen molar-refractivity contribution >= 4 is 30.4 Å². The molecule has 2 aromatic rings. The highest BCUT2D eigenvalue weighted by Gasteiger charge is 2.70. The number of carbonyl (C=O) groups is 1. The zero-order valence-electron chi connectivity index (χ0n) is 25.7. The molecule has 2 bridgehead atoms. The average Bonchev–Trinajstić information content (AvgIpc) is 3.52. The maximum atomic E-state index is 12.9. The summed E-state index contributed by atoms with van der Waals surface area (Å²) in [5.74, 6) is 0.885. The van der Waals surface area contributed by atoms with Crippen LogP contribution in [0.3, 0.4) is 0 Å². The molecule has 6 atom stereocenters. The molecule has 44 heavy (non-hydrogen) atoms. The maximum absolute atomic E-state index is 12.9. The Balaban J connectivity index is 1.46. The standard InChI is InChI=1S/C32H41BN6O5/c1-31(2)23-18-25(31)32(3)26(19-23)43-33(44-32)27(14-7-8-15-34)39(20-28(35)40)29(16-21-10-5-4-6-11-21)36-30(37-39)22-12-9-13-24(17-22)38(41)42/h4-6,9-13,17,23,25-27H,7-8,14-16,18-20,34H2,1-3H3,(H-,35,40)/p+1. The van der Waals surface area contributed by atoms with E-state index in [2.05, 4.69) is 20.8 Å². The third-order valence-electron chi connectivity index (χ3n) is 10.7. The van der Waals surface area contributed by atoms with Crippen LogP contribution in [0, 0.1) is 27.4 Å². The Bertz CT molecular complexity index is 1500. The van der Waals surface area contributed by atoms with Gasteiger partial charge in [0.2, 0.25) is 11.7 Å². The van der Waals surface area contributed by atoms with Crippen LogP contribution < -0.4 is 11.5 Å². The number of nitrogens with two attached hydrogens (primary N) is 2. The number of amides is 1. The Morgan fingerprint density at radius 1 is 1.16 bits per heavy atom. The lowest BCUT2D eigenvalue weighted by atomic mass is 9.43. The second-order valence-corrected chi connectivity index (χ2v) is 13.6. The number of nitro groups is 1. The first-order valence-electron chi connectivity index (χ1n) is 15.6. The van der Waals surface area contributed by atoms with Gasteiger partial charge in [-0.2, -0.15) is 4.99 Å². The molecule has 1 saturated heterocycles. The highest BCUT2D eigenvalue weighted by molar-refractivity contribution is 6.47. The summed E-state index contributed by atoms with van der Waals surface area (Å²) >= 11 is 0. The number of unbranched alkanes of at least 4 members (excludes halogenated alkanes) is 1. The number of benzene rings is 2. The van der Waals surface area contributed by atoms with Crippen molar-refractivity contribution < 1.29 is 23.6 Å². The number of nitrogens with zero attached hydrogens (tertiary/aromatic N) is 4. The number of non-ortho nitro benzene ring substituents is 1. The first-order valence-corrected chi connectivity index (χ1v) is 15.6. The highest BCUT2D eigenvalue weighted by atomic mass is 16.7. The van der Waals surface area contributed by atoms with Gasteiger partial charge in [-0.1, -0.05) is 61.4 Å². The van der Waals surface area contributed by atoms with Crippen LogP contribution in [0.1, 0.15) is 64.0 Å². The van der Waals surface area contributed by atoms with Gasteiger partial charge in [0.15, 0.2) is 12.5 Å². The minimum atomic E-state index is -0.661. The largest absolute Gasteiger partial charge is 0.524 e. The Hall–Kier alpha value is -3.45. The number of hydrogen-bond acceptors (Lipinski definition) is 8. The van der Waals surface area contributed by atoms with E-state index in [1.165, 1.54) is 12.1 Å². The van der Waals surface area contributed by atoms with Crippen LogP contribution in [0.4, 0.5) is 5.69 Å². The van der Waals surface area contributed by atoms with Crippen LogP contribution in [0.25, 0.3) is 0 Å². The molecule has 3 saturated carbocycles. The van der Waals surface area contributed by atoms with Gasteiger partial charge in [0.25, 0.3) is 11.6 Å². The number of rotatable bonds is 12. The van der Waals surface area contributed by atoms with Crippen molar-refractivity contribution in [3.8, 4) is 0 Å². The summed E-state index contributed by atoms with van der Waals surface area (Å²) in [6.45, 7) is 7.20. The van der Waals surface area contributed by atoms with Crippen molar-refractivity contribution in [2.45, 2.75) is 76.9 Å². The van der Waals surface area contributed by atoms with Crippen LogP contribution in [0.15, 0.2) is 64.7 Å². The van der Waals surface area contributed by atoms with Crippen molar-refractivity contribution in [2.75, 3.05) is 13.1 Å². The van der Waals surface area contributed by atoms with Gasteiger partial charge in [-0.15, -0.1) is 4.59 Å². The van der Waals surface area contributed by atoms with E-state index in [0.29, 0.717) is 48.5 Å². The number of amidine groups is 2. The molecule has 4 N–H and O–H groups in total. The van der Waals surface area contributed by atoms with Crippen molar-refractivity contribution in [1.29, 1.82) is 0 Å². The fourth-order valence-electron chi connectivity index (χ4n) is 8.15. The van der Waals surface area contributed by atoms with Gasteiger partial charge in [0.05, 0.1) is 23.0 Å². The quantitative estimate of drug-likeness (QED) is 0.123. The number of quaternary nitrogens is 1. The number of aliphatic imine (C=N–C) groups is 1. The molecule has 6 unspecified atom stereocenters. The fraction of sp³-hybridized carbons (Fsp3) is 0.531. The summed E-state index contributed by atoms with van der Waals surface area (Å²) in [7, 11) is -0.661. The number of nitro benzene ring substituents is 1. The molecule has 0 radical (unpaired) electrons. The summed E-state index contributed by atoms with van der Waals surface area (Å²) in [4.78, 5) is 29.1. The smallest absolute Gasteiger partial charge is 0.401 e. The molecular weight excluding hydrogens is 559 g/mol. The topological polar surface area (TPSA) is 155 Å². The summed E-state index contributed by atoms with van der Waals surface area (Å²) in [6.07, 6.45) is 4.53. The summed E-state index contributed by atoms with van der Waals surface area (Å²) in [6, 6.07) is 16.1. The first-order chi connectivity index (χ1) is 21.0. The van der Waals surface area contributed by atoms with Crippen molar-refractivity contribution in [3.63, 3.8) is 0 Å². The molecule has 4 fully saturated rings. The van der Waals surface area contributed by atoms with Gasteiger partial charge in [-0.05, 0) is 62.0 Å². The van der Waals surface area contributed by atoms with Crippen LogP contribution in [0.2, 0.25) is 0 Å². The van der Waals surface area contributed by atoms with E-state index in [-0.39, 0.29) is 28.3 Å². The van der Waals surface area contributed by atoms with Gasteiger partial charge < -0.3 is 20.8 Å². The molecule has 2 heterocycles. The zero-order valence-corrected chi connectivity index (χ0v) is 25.7. The second-order valence-electron chi connectivity index (χ2n) is 13.6. The molecule has 0 aromatic heterocycles. The minimum Gasteiger partial charge on any atom is -0.401 e. The molecule has 232 valence electrons. The monoisotopic (exact) mass is 601 g/mol. The third kappa shape index (κ3) is 5.17. The fourth-order valence-corrected chi connectivity index (χ4v) is 8.15. The minimum absolute atomic E-state index is 0.0627. The van der Waals surface area contributed by atoms with Crippen LogP contribution in [0.5, 0.6) is 0 Å². The predicted octanol–water partition coefficient (Wildman–Crippen LogP) is 3.98. The molecule has 1 amide bonds. The lowest BCUT2D eigenvalue weighted by Crippen LogP contribution is -2.66. The second kappa shape index (κ2) is 11.5. The van der Waals surface area contributed by atoms with E-state index < -0.39 is 29.5 Å². The number of hydrogen-bond donors (Lipinski definition) is 2. The van der Waals surface area contributed by atoms with Crippen LogP contribution >= 0.6 is 0 Å². The maximum Gasteiger partial charge on any atom is 0.524 e. The Morgan fingerprint density at radius 2 is 1.93 bits per heavy atom. The average molecular weight is 602 g/mol. The summed E-state index contributed by atoms with van der Waals surface area (Å²) < 4.78 is 13.6. The van der Waals surface area contributed by atoms with E-state index in [4.69, 9.17) is 30.9 Å². The molecule has 2 aliphatic heterocycles. The van der Waals surface area contributed by atoms with Gasteiger partial charge in [0, 0.05) is 24.1 Å². The normalized spacial score (nSPS) is 30.6. The van der Waals surface area contributed by atoms with Crippen LogP contribution in [-0.2, 0) is 20.5 Å². The van der Waals surface area contributed by atoms with Gasteiger partial charge in [-0.3, -0.25) is 14.9 Å². The first kappa shape index (κ1) is 30.6. The number of carbonyl (C=O) groups excluding carboxylic acids is 1. The highest BCUT2D eigenvalue weighted by Crippen LogP contribution is 2.66.